The van der Waals surface area contributed by atoms with Gasteiger partial charge >= 0.3 is 0 Å². The van der Waals surface area contributed by atoms with Crippen molar-refractivity contribution in [2.24, 2.45) is 5.73 Å². The molecule has 0 unspecified atom stereocenters. The van der Waals surface area contributed by atoms with Crippen molar-refractivity contribution in [2.45, 2.75) is 0 Å². The molecule has 1 aromatic carbocycles. The molecule has 0 aliphatic heterocycles. The first-order valence-electron chi connectivity index (χ1n) is 3.63. The third-order valence-electron chi connectivity index (χ3n) is 1.50. The number of methoxy groups -OCH3 is 1. The zero-order valence-electron chi connectivity index (χ0n) is 7.20. The van der Waals surface area contributed by atoms with Crippen molar-refractivity contribution in [3.05, 3.63) is 18.2 Å². The van der Waals surface area contributed by atoms with Gasteiger partial charge in [0, 0.05) is 11.8 Å². The van der Waals surface area contributed by atoms with E-state index in [1.54, 1.807) is 25.3 Å². The summed E-state index contributed by atoms with van der Waals surface area (Å²) >= 11 is 4.68. The molecule has 0 bridgehead atoms. The van der Waals surface area contributed by atoms with Crippen LogP contribution in [0.1, 0.15) is 0 Å². The number of thiocarbonyl (C=S) groups is 1. The standard InChI is InChI=1S/C8H11N3OS/c1-12-7-4-5(11-8(10)13)2-3-6(7)9/h2-4H,9H2,1H3,(H3,10,11,13). The molecule has 0 atom stereocenters. The van der Waals surface area contributed by atoms with Crippen LogP contribution in [0.5, 0.6) is 5.75 Å². The molecule has 0 heterocycles. The summed E-state index contributed by atoms with van der Waals surface area (Å²) in [4.78, 5) is 0. The fraction of sp³-hybridized carbons (Fsp3) is 0.125. The number of anilines is 2. The van der Waals surface area contributed by atoms with Crippen molar-refractivity contribution in [3.8, 4) is 5.75 Å². The summed E-state index contributed by atoms with van der Waals surface area (Å²) in [7, 11) is 1.55. The highest BCUT2D eigenvalue weighted by Crippen LogP contribution is 2.24. The average Bonchev–Trinajstić information content (AvgIpc) is 2.07. The zero-order chi connectivity index (χ0) is 9.84. The maximum atomic E-state index is 5.61. The lowest BCUT2D eigenvalue weighted by Crippen LogP contribution is -2.18. The Morgan fingerprint density at radius 1 is 1.54 bits per heavy atom. The van der Waals surface area contributed by atoms with Crippen molar-refractivity contribution < 1.29 is 4.74 Å². The van der Waals surface area contributed by atoms with Gasteiger partial charge in [-0.2, -0.15) is 0 Å². The number of nitrogens with two attached hydrogens (primary N) is 2. The van der Waals surface area contributed by atoms with Crippen molar-refractivity contribution in [2.75, 3.05) is 18.2 Å². The predicted octanol–water partition coefficient (Wildman–Crippen LogP) is 0.933. The first-order chi connectivity index (χ1) is 6.13. The van der Waals surface area contributed by atoms with E-state index in [4.69, 9.17) is 16.2 Å². The van der Waals surface area contributed by atoms with Crippen LogP contribution in [0.2, 0.25) is 0 Å². The molecule has 0 spiro atoms. The Morgan fingerprint density at radius 3 is 2.77 bits per heavy atom. The Bertz CT molecular complexity index is 327. The Morgan fingerprint density at radius 2 is 2.23 bits per heavy atom. The lowest BCUT2D eigenvalue weighted by Gasteiger charge is -2.08. The van der Waals surface area contributed by atoms with Gasteiger partial charge in [0.1, 0.15) is 5.75 Å². The first kappa shape index (κ1) is 9.60. The summed E-state index contributed by atoms with van der Waals surface area (Å²) in [5, 5.41) is 3.00. The zero-order valence-corrected chi connectivity index (χ0v) is 8.02. The monoisotopic (exact) mass is 197 g/mol. The van der Waals surface area contributed by atoms with Crippen LogP contribution in [0.15, 0.2) is 18.2 Å². The van der Waals surface area contributed by atoms with Gasteiger partial charge in [0.25, 0.3) is 0 Å². The molecule has 0 aliphatic carbocycles. The molecule has 1 aromatic rings. The van der Waals surface area contributed by atoms with Crippen LogP contribution in [-0.2, 0) is 0 Å². The van der Waals surface area contributed by atoms with Crippen molar-refractivity contribution in [1.82, 2.24) is 0 Å². The number of hydrogen-bond acceptors (Lipinski definition) is 3. The summed E-state index contributed by atoms with van der Waals surface area (Å²) in [6.45, 7) is 0. The number of nitrogen functional groups attached to an aromatic ring is 1. The van der Waals surface area contributed by atoms with E-state index >= 15 is 0 Å². The number of ether oxygens (including phenoxy) is 1. The normalized spacial score (nSPS) is 9.31. The molecular weight excluding hydrogens is 186 g/mol. The Hall–Kier alpha value is -1.49. The molecule has 70 valence electrons. The minimum Gasteiger partial charge on any atom is -0.495 e. The topological polar surface area (TPSA) is 73.3 Å². The van der Waals surface area contributed by atoms with E-state index in [0.29, 0.717) is 11.4 Å². The van der Waals surface area contributed by atoms with Gasteiger partial charge in [-0.3, -0.25) is 0 Å². The predicted molar refractivity (Wildman–Crippen MR) is 57.8 cm³/mol. The lowest BCUT2D eigenvalue weighted by atomic mass is 10.2. The smallest absolute Gasteiger partial charge is 0.168 e. The second-order valence-electron chi connectivity index (χ2n) is 2.45. The highest BCUT2D eigenvalue weighted by atomic mass is 32.1. The molecule has 5 heteroatoms. The van der Waals surface area contributed by atoms with Crippen molar-refractivity contribution in [3.63, 3.8) is 0 Å². The van der Waals surface area contributed by atoms with Crippen LogP contribution >= 0.6 is 12.2 Å². The van der Waals surface area contributed by atoms with Crippen LogP contribution in [0.4, 0.5) is 11.4 Å². The van der Waals surface area contributed by atoms with Crippen molar-refractivity contribution in [1.29, 1.82) is 0 Å². The number of hydrogen-bond donors (Lipinski definition) is 3. The number of benzene rings is 1. The molecule has 1 rings (SSSR count). The van der Waals surface area contributed by atoms with Crippen LogP contribution in [-0.4, -0.2) is 12.2 Å². The maximum absolute atomic E-state index is 5.61. The lowest BCUT2D eigenvalue weighted by molar-refractivity contribution is 0.417. The Balaban J connectivity index is 2.92. The largest absolute Gasteiger partial charge is 0.495 e. The fourth-order valence-corrected chi connectivity index (χ4v) is 1.05. The molecule has 4 nitrogen and oxygen atoms in total. The van der Waals surface area contributed by atoms with E-state index in [-0.39, 0.29) is 5.11 Å². The second kappa shape index (κ2) is 3.95. The summed E-state index contributed by atoms with van der Waals surface area (Å²) in [6, 6.07) is 5.23. The van der Waals surface area contributed by atoms with Crippen LogP contribution in [0.3, 0.4) is 0 Å². The highest BCUT2D eigenvalue weighted by Gasteiger charge is 2.00. The summed E-state index contributed by atoms with van der Waals surface area (Å²) < 4.78 is 5.02. The molecule has 0 radical (unpaired) electrons. The Labute approximate surface area is 81.9 Å². The summed E-state index contributed by atoms with van der Waals surface area (Å²) in [5.41, 5.74) is 12.3. The quantitative estimate of drug-likeness (QED) is 0.486. The van der Waals surface area contributed by atoms with Gasteiger partial charge in [0.15, 0.2) is 5.11 Å². The summed E-state index contributed by atoms with van der Waals surface area (Å²) in [5.74, 6) is 0.598. The van der Waals surface area contributed by atoms with Gasteiger partial charge in [0.05, 0.1) is 12.8 Å². The SMILES string of the molecule is COc1cc(NC(N)=S)ccc1N. The van der Waals surface area contributed by atoms with E-state index in [1.807, 2.05) is 0 Å². The van der Waals surface area contributed by atoms with E-state index in [2.05, 4.69) is 17.5 Å². The van der Waals surface area contributed by atoms with Gasteiger partial charge in [-0.25, -0.2) is 0 Å². The van der Waals surface area contributed by atoms with E-state index < -0.39 is 0 Å². The Kier molecular flexibility index (Phi) is 2.92. The van der Waals surface area contributed by atoms with Crippen LogP contribution in [0, 0.1) is 0 Å². The van der Waals surface area contributed by atoms with Gasteiger partial charge in [0.2, 0.25) is 0 Å². The van der Waals surface area contributed by atoms with Crippen LogP contribution < -0.4 is 21.5 Å². The minimum absolute atomic E-state index is 0.215. The highest BCUT2D eigenvalue weighted by molar-refractivity contribution is 7.80. The first-order valence-corrected chi connectivity index (χ1v) is 4.04. The molecule has 0 saturated heterocycles. The molecule has 0 saturated carbocycles. The molecule has 5 N–H and O–H groups in total. The van der Waals surface area contributed by atoms with E-state index in [0.717, 1.165) is 5.69 Å². The second-order valence-corrected chi connectivity index (χ2v) is 2.89. The van der Waals surface area contributed by atoms with E-state index in [1.165, 1.54) is 0 Å². The minimum atomic E-state index is 0.215. The fourth-order valence-electron chi connectivity index (χ4n) is 0.931. The molecule has 0 fully saturated rings. The molecule has 13 heavy (non-hydrogen) atoms. The molecule has 0 amide bonds. The van der Waals surface area contributed by atoms with Gasteiger partial charge in [-0.15, -0.1) is 0 Å². The average molecular weight is 197 g/mol. The third-order valence-corrected chi connectivity index (χ3v) is 1.60. The number of nitrogens with one attached hydrogen (secondary N) is 1. The van der Waals surface area contributed by atoms with E-state index in [9.17, 15) is 0 Å². The summed E-state index contributed by atoms with van der Waals surface area (Å²) in [6.07, 6.45) is 0. The van der Waals surface area contributed by atoms with Gasteiger partial charge in [-0.05, 0) is 24.4 Å². The van der Waals surface area contributed by atoms with Gasteiger partial charge < -0.3 is 21.5 Å². The molecule has 0 aromatic heterocycles. The van der Waals surface area contributed by atoms with Gasteiger partial charge in [-0.1, -0.05) is 0 Å². The maximum Gasteiger partial charge on any atom is 0.168 e. The third kappa shape index (κ3) is 2.48. The van der Waals surface area contributed by atoms with Crippen molar-refractivity contribution >= 4 is 28.7 Å². The number of rotatable bonds is 2. The van der Waals surface area contributed by atoms with Crippen LogP contribution in [0.25, 0.3) is 0 Å². The molecule has 0 aliphatic rings. The molecular formula is C8H11N3OS.